The molecule has 1 aliphatic rings. The van der Waals surface area contributed by atoms with Crippen LogP contribution in [0.5, 0.6) is 0 Å². The SMILES string of the molecule is CCC(N)C(c1ccccc1C)N(C)C1CCN(C)CC1. The molecule has 0 aliphatic carbocycles. The number of nitrogens with zero attached hydrogens (tertiary/aromatic N) is 2. The Balaban J connectivity index is 2.22. The molecule has 0 spiro atoms. The average molecular weight is 289 g/mol. The molecule has 2 N–H and O–H groups in total. The fourth-order valence-electron chi connectivity index (χ4n) is 3.52. The lowest BCUT2D eigenvalue weighted by Crippen LogP contribution is -2.48. The maximum absolute atomic E-state index is 6.50. The molecular weight excluding hydrogens is 258 g/mol. The minimum absolute atomic E-state index is 0.191. The highest BCUT2D eigenvalue weighted by atomic mass is 15.2. The van der Waals surface area contributed by atoms with Gasteiger partial charge in [-0.15, -0.1) is 0 Å². The number of benzene rings is 1. The summed E-state index contributed by atoms with van der Waals surface area (Å²) < 4.78 is 0. The van der Waals surface area contributed by atoms with E-state index in [1.165, 1.54) is 37.1 Å². The van der Waals surface area contributed by atoms with Crippen molar-refractivity contribution in [2.75, 3.05) is 27.2 Å². The molecule has 1 saturated heterocycles. The van der Waals surface area contributed by atoms with Crippen LogP contribution < -0.4 is 5.73 Å². The maximum atomic E-state index is 6.50. The Morgan fingerprint density at radius 1 is 1.29 bits per heavy atom. The van der Waals surface area contributed by atoms with E-state index in [4.69, 9.17) is 5.73 Å². The Kier molecular flexibility index (Phi) is 5.80. The second kappa shape index (κ2) is 7.39. The van der Waals surface area contributed by atoms with E-state index in [0.29, 0.717) is 12.1 Å². The lowest BCUT2D eigenvalue weighted by Gasteiger charge is -2.42. The molecule has 0 bridgehead atoms. The molecule has 21 heavy (non-hydrogen) atoms. The first-order valence-corrected chi connectivity index (χ1v) is 8.26. The number of hydrogen-bond acceptors (Lipinski definition) is 3. The third kappa shape index (κ3) is 3.85. The van der Waals surface area contributed by atoms with Gasteiger partial charge in [0.15, 0.2) is 0 Å². The van der Waals surface area contributed by atoms with Gasteiger partial charge in [-0.25, -0.2) is 0 Å². The van der Waals surface area contributed by atoms with Crippen molar-refractivity contribution in [1.29, 1.82) is 0 Å². The van der Waals surface area contributed by atoms with Crippen molar-refractivity contribution < 1.29 is 0 Å². The largest absolute Gasteiger partial charge is 0.326 e. The van der Waals surface area contributed by atoms with Gasteiger partial charge in [-0.05, 0) is 64.5 Å². The number of likely N-dealkylation sites (tertiary alicyclic amines) is 1. The van der Waals surface area contributed by atoms with E-state index in [9.17, 15) is 0 Å². The zero-order valence-corrected chi connectivity index (χ0v) is 14.0. The van der Waals surface area contributed by atoms with Crippen LogP contribution in [0.15, 0.2) is 24.3 Å². The molecule has 0 saturated carbocycles. The number of hydrogen-bond donors (Lipinski definition) is 1. The molecule has 0 aromatic heterocycles. The van der Waals surface area contributed by atoms with Crippen LogP contribution in [-0.4, -0.2) is 49.1 Å². The Morgan fingerprint density at radius 3 is 2.48 bits per heavy atom. The third-order valence-corrected chi connectivity index (χ3v) is 5.09. The molecule has 1 aliphatic heterocycles. The van der Waals surface area contributed by atoms with Gasteiger partial charge in [-0.3, -0.25) is 4.90 Å². The van der Waals surface area contributed by atoms with Crippen molar-refractivity contribution in [3.63, 3.8) is 0 Å². The second-order valence-electron chi connectivity index (χ2n) is 6.57. The van der Waals surface area contributed by atoms with E-state index >= 15 is 0 Å². The monoisotopic (exact) mass is 289 g/mol. The first kappa shape index (κ1) is 16.5. The minimum Gasteiger partial charge on any atom is -0.326 e. The lowest BCUT2D eigenvalue weighted by molar-refractivity contribution is 0.0932. The van der Waals surface area contributed by atoms with Crippen molar-refractivity contribution in [3.8, 4) is 0 Å². The number of likely N-dealkylation sites (N-methyl/N-ethyl adjacent to an activating group) is 1. The molecule has 3 heteroatoms. The maximum Gasteiger partial charge on any atom is 0.0501 e. The second-order valence-corrected chi connectivity index (χ2v) is 6.57. The van der Waals surface area contributed by atoms with Gasteiger partial charge in [-0.1, -0.05) is 31.2 Å². The predicted octanol–water partition coefficient (Wildman–Crippen LogP) is 2.80. The fraction of sp³-hybridized carbons (Fsp3) is 0.667. The molecule has 1 heterocycles. The van der Waals surface area contributed by atoms with Crippen molar-refractivity contribution >= 4 is 0 Å². The highest BCUT2D eigenvalue weighted by molar-refractivity contribution is 5.30. The molecule has 1 aromatic carbocycles. The molecule has 0 radical (unpaired) electrons. The fourth-order valence-corrected chi connectivity index (χ4v) is 3.52. The van der Waals surface area contributed by atoms with E-state index in [1.807, 2.05) is 0 Å². The van der Waals surface area contributed by atoms with Crippen molar-refractivity contribution in [1.82, 2.24) is 9.80 Å². The number of rotatable bonds is 5. The molecule has 0 amide bonds. The van der Waals surface area contributed by atoms with Crippen LogP contribution in [0.25, 0.3) is 0 Å². The van der Waals surface area contributed by atoms with Crippen LogP contribution in [0.3, 0.4) is 0 Å². The third-order valence-electron chi connectivity index (χ3n) is 5.09. The lowest BCUT2D eigenvalue weighted by atomic mass is 9.90. The van der Waals surface area contributed by atoms with Gasteiger partial charge in [0.1, 0.15) is 0 Å². The first-order chi connectivity index (χ1) is 10.0. The summed E-state index contributed by atoms with van der Waals surface area (Å²) in [5, 5.41) is 0. The van der Waals surface area contributed by atoms with Crippen molar-refractivity contribution in [3.05, 3.63) is 35.4 Å². The number of nitrogens with two attached hydrogens (primary N) is 1. The van der Waals surface area contributed by atoms with Crippen LogP contribution in [-0.2, 0) is 0 Å². The average Bonchev–Trinajstić information content (AvgIpc) is 2.49. The molecule has 1 fully saturated rings. The van der Waals surface area contributed by atoms with Gasteiger partial charge in [0, 0.05) is 12.1 Å². The van der Waals surface area contributed by atoms with E-state index < -0.39 is 0 Å². The van der Waals surface area contributed by atoms with Gasteiger partial charge in [-0.2, -0.15) is 0 Å². The molecule has 2 rings (SSSR count). The summed E-state index contributed by atoms with van der Waals surface area (Å²) in [6.45, 7) is 6.78. The van der Waals surface area contributed by atoms with E-state index in [2.05, 4.69) is 62.0 Å². The van der Waals surface area contributed by atoms with Gasteiger partial charge in [0.05, 0.1) is 6.04 Å². The van der Waals surface area contributed by atoms with Crippen LogP contribution >= 0.6 is 0 Å². The summed E-state index contributed by atoms with van der Waals surface area (Å²) in [6.07, 6.45) is 3.49. The van der Waals surface area contributed by atoms with Gasteiger partial charge in [0.2, 0.25) is 0 Å². The molecule has 2 atom stereocenters. The van der Waals surface area contributed by atoms with Crippen LogP contribution in [0.1, 0.15) is 43.4 Å². The summed E-state index contributed by atoms with van der Waals surface area (Å²) in [4.78, 5) is 4.97. The minimum atomic E-state index is 0.191. The van der Waals surface area contributed by atoms with Gasteiger partial charge >= 0.3 is 0 Å². The highest BCUT2D eigenvalue weighted by Gasteiger charge is 2.30. The van der Waals surface area contributed by atoms with Gasteiger partial charge < -0.3 is 10.6 Å². The summed E-state index contributed by atoms with van der Waals surface area (Å²) in [5.74, 6) is 0. The van der Waals surface area contributed by atoms with Crippen LogP contribution in [0.2, 0.25) is 0 Å². The zero-order valence-electron chi connectivity index (χ0n) is 14.0. The summed E-state index contributed by atoms with van der Waals surface area (Å²) >= 11 is 0. The summed E-state index contributed by atoms with van der Waals surface area (Å²) in [6, 6.07) is 9.86. The number of piperidine rings is 1. The molecule has 1 aromatic rings. The molecule has 2 unspecified atom stereocenters. The summed E-state index contributed by atoms with van der Waals surface area (Å²) in [7, 11) is 4.48. The first-order valence-electron chi connectivity index (χ1n) is 8.26. The molecule has 3 nitrogen and oxygen atoms in total. The molecule has 118 valence electrons. The van der Waals surface area contributed by atoms with Crippen molar-refractivity contribution in [2.45, 2.75) is 51.2 Å². The smallest absolute Gasteiger partial charge is 0.0501 e. The van der Waals surface area contributed by atoms with Crippen molar-refractivity contribution in [2.24, 2.45) is 5.73 Å². The number of aryl methyl sites for hydroxylation is 1. The predicted molar refractivity (Wildman–Crippen MR) is 90.5 cm³/mol. The van der Waals surface area contributed by atoms with Crippen LogP contribution in [0.4, 0.5) is 0 Å². The Hall–Kier alpha value is -0.900. The quantitative estimate of drug-likeness (QED) is 0.904. The highest BCUT2D eigenvalue weighted by Crippen LogP contribution is 2.30. The normalized spacial score (nSPS) is 20.7. The Morgan fingerprint density at radius 2 is 1.90 bits per heavy atom. The van der Waals surface area contributed by atoms with E-state index in [-0.39, 0.29) is 6.04 Å². The molecular formula is C18H31N3. The Bertz CT molecular complexity index is 438. The Labute approximate surface area is 130 Å². The van der Waals surface area contributed by atoms with E-state index in [0.717, 1.165) is 6.42 Å². The van der Waals surface area contributed by atoms with Gasteiger partial charge in [0.25, 0.3) is 0 Å². The zero-order chi connectivity index (χ0) is 15.4. The topological polar surface area (TPSA) is 32.5 Å². The standard InChI is InChI=1S/C18H31N3/c1-5-17(19)18(16-9-7-6-8-14(16)2)21(4)15-10-12-20(3)13-11-15/h6-9,15,17-18H,5,10-13,19H2,1-4H3. The summed E-state index contributed by atoms with van der Waals surface area (Å²) in [5.41, 5.74) is 9.25. The van der Waals surface area contributed by atoms with E-state index in [1.54, 1.807) is 0 Å². The van der Waals surface area contributed by atoms with Crippen LogP contribution in [0, 0.1) is 6.92 Å².